The zero-order valence-corrected chi connectivity index (χ0v) is 15.0. The van der Waals surface area contributed by atoms with Crippen LogP contribution in [0.3, 0.4) is 0 Å². The van der Waals surface area contributed by atoms with Crippen LogP contribution in [-0.4, -0.2) is 15.1 Å². The van der Waals surface area contributed by atoms with Gasteiger partial charge in [0, 0.05) is 27.0 Å². The molecule has 3 rings (SSSR count). The first-order valence-corrected chi connectivity index (χ1v) is 8.38. The van der Waals surface area contributed by atoms with Gasteiger partial charge in [0.15, 0.2) is 0 Å². The van der Waals surface area contributed by atoms with Crippen molar-refractivity contribution in [2.45, 2.75) is 27.2 Å². The maximum Gasteiger partial charge on any atom is 0.258 e. The highest BCUT2D eigenvalue weighted by molar-refractivity contribution is 9.10. The summed E-state index contributed by atoms with van der Waals surface area (Å²) < 4.78 is 6.44. The molecule has 118 valence electrons. The Hall–Kier alpha value is -2.01. The number of nitrogens with zero attached hydrogens (tertiary/aromatic N) is 3. The molecule has 2 aromatic heterocycles. The van der Waals surface area contributed by atoms with Gasteiger partial charge in [-0.3, -0.25) is 4.98 Å². The largest absolute Gasteiger partial charge is 0.334 e. The Kier molecular flexibility index (Phi) is 4.57. The topological polar surface area (TPSA) is 51.8 Å². The number of halogens is 1. The lowest BCUT2D eigenvalue weighted by Gasteiger charge is -2.06. The zero-order chi connectivity index (χ0) is 16.4. The fourth-order valence-electron chi connectivity index (χ4n) is 2.47. The summed E-state index contributed by atoms with van der Waals surface area (Å²) in [7, 11) is 0. The summed E-state index contributed by atoms with van der Waals surface area (Å²) in [4.78, 5) is 9.11. The van der Waals surface area contributed by atoms with E-state index in [0.29, 0.717) is 17.6 Å². The molecule has 0 amide bonds. The highest BCUT2D eigenvalue weighted by Crippen LogP contribution is 2.25. The van der Waals surface area contributed by atoms with Gasteiger partial charge in [0.05, 0.1) is 0 Å². The van der Waals surface area contributed by atoms with Crippen molar-refractivity contribution in [1.29, 1.82) is 0 Å². The van der Waals surface area contributed by atoms with E-state index in [-0.39, 0.29) is 0 Å². The van der Waals surface area contributed by atoms with Crippen molar-refractivity contribution in [3.63, 3.8) is 0 Å². The molecule has 0 saturated carbocycles. The molecule has 4 nitrogen and oxygen atoms in total. The van der Waals surface area contributed by atoms with Gasteiger partial charge in [-0.05, 0) is 43.5 Å². The minimum absolute atomic E-state index is 0.524. The van der Waals surface area contributed by atoms with Crippen LogP contribution in [0.1, 0.15) is 25.2 Å². The van der Waals surface area contributed by atoms with E-state index < -0.39 is 0 Å². The fourth-order valence-corrected chi connectivity index (χ4v) is 2.87. The van der Waals surface area contributed by atoms with Crippen molar-refractivity contribution in [3.05, 3.63) is 52.3 Å². The molecule has 0 saturated heterocycles. The summed E-state index contributed by atoms with van der Waals surface area (Å²) >= 11 is 3.46. The minimum Gasteiger partial charge on any atom is -0.334 e. The molecule has 0 aliphatic carbocycles. The number of aromatic nitrogens is 3. The number of hydrogen-bond donors (Lipinski definition) is 0. The highest BCUT2D eigenvalue weighted by Gasteiger charge is 2.13. The Balaban J connectivity index is 1.95. The second-order valence-corrected chi connectivity index (χ2v) is 6.94. The van der Waals surface area contributed by atoms with Crippen molar-refractivity contribution in [2.75, 3.05) is 0 Å². The molecule has 0 radical (unpaired) electrons. The molecule has 0 N–H and O–H groups in total. The molecule has 0 atom stereocenters. The predicted octanol–water partition coefficient (Wildman–Crippen LogP) is 5.07. The fraction of sp³-hybridized carbons (Fsp3) is 0.278. The molecular weight excluding hydrogens is 354 g/mol. The average molecular weight is 372 g/mol. The van der Waals surface area contributed by atoms with Crippen LogP contribution in [-0.2, 0) is 6.42 Å². The van der Waals surface area contributed by atoms with Crippen LogP contribution in [0.2, 0.25) is 0 Å². The molecule has 0 fully saturated rings. The summed E-state index contributed by atoms with van der Waals surface area (Å²) in [5.41, 5.74) is 3.85. The number of rotatable bonds is 4. The molecule has 0 bridgehead atoms. The molecule has 0 unspecified atom stereocenters. The Labute approximate surface area is 144 Å². The molecule has 2 heterocycles. The third kappa shape index (κ3) is 3.85. The van der Waals surface area contributed by atoms with Crippen LogP contribution in [0.15, 0.2) is 45.4 Å². The SMILES string of the molecule is Cc1cc(-c2nc(-c3cccc(Br)c3)no2)cc(CC(C)C)n1. The van der Waals surface area contributed by atoms with Gasteiger partial charge < -0.3 is 4.52 Å². The summed E-state index contributed by atoms with van der Waals surface area (Å²) in [6.07, 6.45) is 0.932. The van der Waals surface area contributed by atoms with Crippen LogP contribution in [0, 0.1) is 12.8 Å². The first-order chi connectivity index (χ1) is 11.0. The van der Waals surface area contributed by atoms with Crippen LogP contribution >= 0.6 is 15.9 Å². The lowest BCUT2D eigenvalue weighted by Crippen LogP contribution is -1.99. The van der Waals surface area contributed by atoms with Gasteiger partial charge in [-0.15, -0.1) is 0 Å². The third-order valence-corrected chi connectivity index (χ3v) is 3.87. The van der Waals surface area contributed by atoms with E-state index in [1.165, 1.54) is 0 Å². The second-order valence-electron chi connectivity index (χ2n) is 6.02. The lowest BCUT2D eigenvalue weighted by atomic mass is 10.1. The summed E-state index contributed by atoms with van der Waals surface area (Å²) in [6, 6.07) is 11.9. The summed E-state index contributed by atoms with van der Waals surface area (Å²) in [5.74, 6) is 1.66. The van der Waals surface area contributed by atoms with E-state index in [1.54, 1.807) is 0 Å². The number of aryl methyl sites for hydroxylation is 1. The second kappa shape index (κ2) is 6.62. The van der Waals surface area contributed by atoms with Gasteiger partial charge in [0.2, 0.25) is 5.82 Å². The molecule has 3 aromatic rings. The predicted molar refractivity (Wildman–Crippen MR) is 93.9 cm³/mol. The first kappa shape index (κ1) is 15.9. The van der Waals surface area contributed by atoms with E-state index in [9.17, 15) is 0 Å². The van der Waals surface area contributed by atoms with Crippen molar-refractivity contribution in [2.24, 2.45) is 5.92 Å². The highest BCUT2D eigenvalue weighted by atomic mass is 79.9. The number of benzene rings is 1. The maximum atomic E-state index is 5.46. The number of pyridine rings is 1. The van der Waals surface area contributed by atoms with Crippen LogP contribution in [0.4, 0.5) is 0 Å². The minimum atomic E-state index is 0.524. The molecule has 23 heavy (non-hydrogen) atoms. The van der Waals surface area contributed by atoms with Gasteiger partial charge in [-0.1, -0.05) is 47.1 Å². The standard InChI is InChI=1S/C18H18BrN3O/c1-11(2)7-16-10-14(8-12(3)20-16)18-21-17(22-23-18)13-5-4-6-15(19)9-13/h4-6,8-11H,7H2,1-3H3. The Morgan fingerprint density at radius 1 is 1.09 bits per heavy atom. The van der Waals surface area contributed by atoms with Crippen molar-refractivity contribution < 1.29 is 4.52 Å². The monoisotopic (exact) mass is 371 g/mol. The summed E-state index contributed by atoms with van der Waals surface area (Å²) in [6.45, 7) is 6.35. The quantitative estimate of drug-likeness (QED) is 0.642. The average Bonchev–Trinajstić information content (AvgIpc) is 2.95. The normalized spacial score (nSPS) is 11.2. The molecule has 0 spiro atoms. The lowest BCUT2D eigenvalue weighted by molar-refractivity contribution is 0.432. The maximum absolute atomic E-state index is 5.46. The van der Waals surface area contributed by atoms with Gasteiger partial charge in [0.1, 0.15) is 0 Å². The van der Waals surface area contributed by atoms with E-state index in [1.807, 2.05) is 43.3 Å². The molecular formula is C18H18BrN3O. The molecule has 0 aliphatic heterocycles. The van der Waals surface area contributed by atoms with Gasteiger partial charge in [0.25, 0.3) is 5.89 Å². The van der Waals surface area contributed by atoms with Crippen LogP contribution in [0.25, 0.3) is 22.8 Å². The van der Waals surface area contributed by atoms with Gasteiger partial charge in [-0.2, -0.15) is 4.98 Å². The Bertz CT molecular complexity index is 827. The van der Waals surface area contributed by atoms with E-state index in [0.717, 1.165) is 33.4 Å². The van der Waals surface area contributed by atoms with Crippen LogP contribution in [0.5, 0.6) is 0 Å². The number of hydrogen-bond acceptors (Lipinski definition) is 4. The van der Waals surface area contributed by atoms with Gasteiger partial charge >= 0.3 is 0 Å². The van der Waals surface area contributed by atoms with Crippen LogP contribution < -0.4 is 0 Å². The van der Waals surface area contributed by atoms with Crippen molar-refractivity contribution in [3.8, 4) is 22.8 Å². The van der Waals surface area contributed by atoms with E-state index in [4.69, 9.17) is 4.52 Å². The third-order valence-electron chi connectivity index (χ3n) is 3.38. The summed E-state index contributed by atoms with van der Waals surface area (Å²) in [5, 5.41) is 4.10. The smallest absolute Gasteiger partial charge is 0.258 e. The zero-order valence-electron chi connectivity index (χ0n) is 13.4. The molecule has 0 aliphatic rings. The van der Waals surface area contributed by atoms with Crippen molar-refractivity contribution >= 4 is 15.9 Å². The van der Waals surface area contributed by atoms with Crippen molar-refractivity contribution in [1.82, 2.24) is 15.1 Å². The van der Waals surface area contributed by atoms with E-state index >= 15 is 0 Å². The van der Waals surface area contributed by atoms with E-state index in [2.05, 4.69) is 44.9 Å². The Morgan fingerprint density at radius 2 is 1.91 bits per heavy atom. The Morgan fingerprint density at radius 3 is 2.65 bits per heavy atom. The van der Waals surface area contributed by atoms with Gasteiger partial charge in [-0.25, -0.2) is 0 Å². The molecule has 5 heteroatoms. The molecule has 1 aromatic carbocycles. The first-order valence-electron chi connectivity index (χ1n) is 7.59.